The van der Waals surface area contributed by atoms with Gasteiger partial charge in [0.05, 0.1) is 22.3 Å². The fourth-order valence-corrected chi connectivity index (χ4v) is 7.17. The number of aromatic nitrogens is 1. The maximum atomic E-state index is 13.4. The zero-order chi connectivity index (χ0) is 24.7. The number of sulfone groups is 1. The molecule has 35 heavy (non-hydrogen) atoms. The first-order valence-electron chi connectivity index (χ1n) is 11.8. The minimum absolute atomic E-state index is 0.0682. The number of thiazole rings is 1. The Morgan fingerprint density at radius 3 is 2.57 bits per heavy atom. The zero-order valence-electron chi connectivity index (χ0n) is 19.0. The number of carbonyl (C=O) groups excluding carboxylic acids is 2. The van der Waals surface area contributed by atoms with E-state index < -0.39 is 21.7 Å². The third-order valence-electron chi connectivity index (χ3n) is 6.64. The van der Waals surface area contributed by atoms with Crippen LogP contribution in [0.15, 0.2) is 34.6 Å². The molecule has 1 aromatic heterocycles. The normalized spacial score (nSPS) is 20.7. The molecule has 1 heterocycles. The summed E-state index contributed by atoms with van der Waals surface area (Å²) in [6.07, 6.45) is 6.32. The van der Waals surface area contributed by atoms with Gasteiger partial charge in [-0.3, -0.25) is 19.7 Å². The van der Waals surface area contributed by atoms with E-state index in [-0.39, 0.29) is 34.4 Å². The van der Waals surface area contributed by atoms with Gasteiger partial charge in [-0.2, -0.15) is 0 Å². The lowest BCUT2D eigenvalue weighted by Crippen LogP contribution is -2.16. The number of hydrogen-bond donors (Lipinski definition) is 2. The standard InChI is InChI=1S/C25H26N2O6S2/c28-18-5-1-14(9-18)10-21(24(31)27-25-26-17(13-34-25)12-23(29)30)16-4-8-22(20(11-16)15-2-3-15)35(32,33)19-6-7-19/h4,8,10-11,13-15,19H,1-3,5-7,9,12H2,(H,29,30)(H,26,27,31)/t14-/m0/s1. The Balaban J connectivity index is 1.48. The van der Waals surface area contributed by atoms with Gasteiger partial charge in [0, 0.05) is 23.8 Å². The van der Waals surface area contributed by atoms with E-state index in [4.69, 9.17) is 5.11 Å². The molecular formula is C25H26N2O6S2. The third-order valence-corrected chi connectivity index (χ3v) is 9.78. The van der Waals surface area contributed by atoms with Crippen molar-refractivity contribution in [1.29, 1.82) is 0 Å². The molecule has 3 saturated carbocycles. The number of carboxylic acids is 1. The predicted octanol–water partition coefficient (Wildman–Crippen LogP) is 3.98. The summed E-state index contributed by atoms with van der Waals surface area (Å²) in [5.74, 6) is -1.16. The number of benzene rings is 1. The predicted molar refractivity (Wildman–Crippen MR) is 131 cm³/mol. The van der Waals surface area contributed by atoms with Crippen LogP contribution in [0.3, 0.4) is 0 Å². The number of amides is 1. The Labute approximate surface area is 207 Å². The Morgan fingerprint density at radius 1 is 1.17 bits per heavy atom. The lowest BCUT2D eigenvalue weighted by molar-refractivity contribution is -0.136. The number of nitrogens with zero attached hydrogens (tertiary/aromatic N) is 1. The Hall–Kier alpha value is -2.85. The molecule has 1 aromatic carbocycles. The maximum absolute atomic E-state index is 13.4. The molecule has 3 aliphatic carbocycles. The van der Waals surface area contributed by atoms with E-state index in [0.717, 1.165) is 29.7 Å². The summed E-state index contributed by atoms with van der Waals surface area (Å²) in [6.45, 7) is 0. The van der Waals surface area contributed by atoms with Gasteiger partial charge < -0.3 is 5.11 Å². The van der Waals surface area contributed by atoms with Crippen LogP contribution in [0.25, 0.3) is 5.57 Å². The lowest BCUT2D eigenvalue weighted by atomic mass is 9.96. The highest BCUT2D eigenvalue weighted by atomic mass is 32.2. The molecule has 5 rings (SSSR count). The number of ketones is 1. The molecule has 8 nitrogen and oxygen atoms in total. The molecule has 2 N–H and O–H groups in total. The van der Waals surface area contributed by atoms with Gasteiger partial charge in [-0.15, -0.1) is 11.3 Å². The van der Waals surface area contributed by atoms with Crippen LogP contribution in [0.4, 0.5) is 5.13 Å². The minimum Gasteiger partial charge on any atom is -0.481 e. The van der Waals surface area contributed by atoms with E-state index in [1.54, 1.807) is 17.5 Å². The summed E-state index contributed by atoms with van der Waals surface area (Å²) in [6, 6.07) is 5.14. The van der Waals surface area contributed by atoms with Gasteiger partial charge in [-0.25, -0.2) is 13.4 Å². The van der Waals surface area contributed by atoms with Crippen molar-refractivity contribution in [2.45, 2.75) is 67.4 Å². The molecule has 0 bridgehead atoms. The molecule has 0 saturated heterocycles. The van der Waals surface area contributed by atoms with Gasteiger partial charge >= 0.3 is 5.97 Å². The minimum atomic E-state index is -3.37. The molecule has 0 aliphatic heterocycles. The molecule has 10 heteroatoms. The average Bonchev–Trinajstić information content (AvgIpc) is 3.73. The number of nitrogens with one attached hydrogen (secondary N) is 1. The van der Waals surface area contributed by atoms with Crippen molar-refractivity contribution in [1.82, 2.24) is 4.98 Å². The summed E-state index contributed by atoms with van der Waals surface area (Å²) in [7, 11) is -3.37. The number of aliphatic carboxylic acids is 1. The number of carboxylic acid groups (broad SMARTS) is 1. The van der Waals surface area contributed by atoms with Crippen molar-refractivity contribution < 1.29 is 27.9 Å². The zero-order valence-corrected chi connectivity index (χ0v) is 20.7. The van der Waals surface area contributed by atoms with Gasteiger partial charge in [0.2, 0.25) is 0 Å². The Kier molecular flexibility index (Phi) is 6.35. The first kappa shape index (κ1) is 23.9. The van der Waals surface area contributed by atoms with Crippen LogP contribution in [0, 0.1) is 5.92 Å². The van der Waals surface area contributed by atoms with Crippen molar-refractivity contribution >= 4 is 49.5 Å². The largest absolute Gasteiger partial charge is 0.481 e. The summed E-state index contributed by atoms with van der Waals surface area (Å²) < 4.78 is 26.0. The second-order valence-corrected chi connectivity index (χ2v) is 12.6. The lowest BCUT2D eigenvalue weighted by Gasteiger charge is -2.15. The van der Waals surface area contributed by atoms with Crippen molar-refractivity contribution in [3.05, 3.63) is 46.5 Å². The van der Waals surface area contributed by atoms with Crippen molar-refractivity contribution in [3.8, 4) is 0 Å². The van der Waals surface area contributed by atoms with Crippen LogP contribution in [0.5, 0.6) is 0 Å². The van der Waals surface area contributed by atoms with Crippen LogP contribution >= 0.6 is 11.3 Å². The summed E-state index contributed by atoms with van der Waals surface area (Å²) in [5, 5.41) is 13.3. The second-order valence-electron chi connectivity index (χ2n) is 9.56. The second kappa shape index (κ2) is 9.31. The van der Waals surface area contributed by atoms with Crippen molar-refractivity contribution in [2.24, 2.45) is 5.92 Å². The molecule has 1 amide bonds. The van der Waals surface area contributed by atoms with Gasteiger partial charge in [0.25, 0.3) is 5.91 Å². The molecule has 3 fully saturated rings. The molecule has 1 atom stereocenters. The molecular weight excluding hydrogens is 488 g/mol. The third kappa shape index (κ3) is 5.38. The molecule has 2 aromatic rings. The number of hydrogen-bond acceptors (Lipinski definition) is 7. The number of rotatable bonds is 9. The van der Waals surface area contributed by atoms with Crippen molar-refractivity contribution in [3.63, 3.8) is 0 Å². The van der Waals surface area contributed by atoms with Gasteiger partial charge in [0.1, 0.15) is 5.78 Å². The topological polar surface area (TPSA) is 130 Å². The van der Waals surface area contributed by atoms with Crippen molar-refractivity contribution in [2.75, 3.05) is 5.32 Å². The first-order valence-corrected chi connectivity index (χ1v) is 14.2. The number of allylic oxidation sites excluding steroid dienone is 1. The number of Topliss-reactive ketones (excluding diaryl/α,β-unsaturated/α-hetero) is 1. The fraction of sp³-hybridized carbons (Fsp3) is 0.440. The molecule has 0 unspecified atom stereocenters. The van der Waals surface area contributed by atoms with Gasteiger partial charge in [-0.1, -0.05) is 12.1 Å². The average molecular weight is 515 g/mol. The maximum Gasteiger partial charge on any atom is 0.309 e. The van der Waals surface area contributed by atoms with E-state index in [1.807, 2.05) is 12.1 Å². The smallest absolute Gasteiger partial charge is 0.309 e. The Morgan fingerprint density at radius 2 is 1.94 bits per heavy atom. The first-order chi connectivity index (χ1) is 16.7. The summed E-state index contributed by atoms with van der Waals surface area (Å²) in [5.41, 5.74) is 2.11. The number of anilines is 1. The highest BCUT2D eigenvalue weighted by Crippen LogP contribution is 2.46. The van der Waals surface area contributed by atoms with E-state index in [2.05, 4.69) is 10.3 Å². The van der Waals surface area contributed by atoms with Crippen LogP contribution in [0.2, 0.25) is 0 Å². The van der Waals surface area contributed by atoms with E-state index in [1.165, 1.54) is 0 Å². The van der Waals surface area contributed by atoms with E-state index >= 15 is 0 Å². The fourth-order valence-electron chi connectivity index (χ4n) is 4.54. The highest BCUT2D eigenvalue weighted by Gasteiger charge is 2.40. The SMILES string of the molecule is O=C(O)Cc1csc(NC(=O)C(=C[C@H]2CCC(=O)C2)c2ccc(S(=O)(=O)C3CC3)c(C3CC3)c2)n1. The van der Waals surface area contributed by atoms with Crippen LogP contribution in [0.1, 0.15) is 67.7 Å². The quantitative estimate of drug-likeness (QED) is 0.484. The molecule has 184 valence electrons. The monoisotopic (exact) mass is 514 g/mol. The van der Waals surface area contributed by atoms with Gasteiger partial charge in [0.15, 0.2) is 15.0 Å². The molecule has 0 radical (unpaired) electrons. The van der Waals surface area contributed by atoms with E-state index in [0.29, 0.717) is 53.8 Å². The molecule has 3 aliphatic rings. The summed E-state index contributed by atoms with van der Waals surface area (Å²) in [4.78, 5) is 40.7. The highest BCUT2D eigenvalue weighted by molar-refractivity contribution is 7.92. The van der Waals surface area contributed by atoms with Gasteiger partial charge in [-0.05, 0) is 67.2 Å². The Bertz CT molecular complexity index is 1340. The molecule has 0 spiro atoms. The van der Waals surface area contributed by atoms with Crippen LogP contribution in [-0.4, -0.2) is 41.4 Å². The number of carbonyl (C=O) groups is 3. The van der Waals surface area contributed by atoms with Crippen LogP contribution < -0.4 is 5.32 Å². The van der Waals surface area contributed by atoms with E-state index in [9.17, 15) is 22.8 Å². The van der Waals surface area contributed by atoms with Crippen LogP contribution in [-0.2, 0) is 30.6 Å². The summed E-state index contributed by atoms with van der Waals surface area (Å²) >= 11 is 1.14.